The number of nitrogens with one attached hydrogen (secondary N) is 1. The van der Waals surface area contributed by atoms with E-state index in [0.717, 1.165) is 43.1 Å². The molecule has 0 unspecified atom stereocenters. The largest absolute Gasteiger partial charge is 0.369 e. The van der Waals surface area contributed by atoms with E-state index in [1.807, 2.05) is 16.8 Å². The number of piperazine rings is 1. The van der Waals surface area contributed by atoms with E-state index >= 15 is 0 Å². The van der Waals surface area contributed by atoms with Gasteiger partial charge in [0.2, 0.25) is 0 Å². The van der Waals surface area contributed by atoms with Crippen LogP contribution in [0.2, 0.25) is 0 Å². The first-order valence-corrected chi connectivity index (χ1v) is 7.50. The van der Waals surface area contributed by atoms with Crippen molar-refractivity contribution in [1.29, 1.82) is 0 Å². The molecule has 5 heteroatoms. The van der Waals surface area contributed by atoms with Gasteiger partial charge in [0.05, 0.1) is 5.69 Å². The molecule has 0 amide bonds. The number of nitrogens with zero attached hydrogens (tertiary/aromatic N) is 3. The summed E-state index contributed by atoms with van der Waals surface area (Å²) in [5.74, 6) is -0.228. The van der Waals surface area contributed by atoms with Gasteiger partial charge in [-0.25, -0.2) is 9.37 Å². The highest BCUT2D eigenvalue weighted by Gasteiger charge is 2.12. The maximum atomic E-state index is 13.0. The predicted molar refractivity (Wildman–Crippen MR) is 85.7 cm³/mol. The highest BCUT2D eigenvalue weighted by Crippen LogP contribution is 2.22. The van der Waals surface area contributed by atoms with Crippen molar-refractivity contribution in [3.63, 3.8) is 0 Å². The number of hydrogen-bond acceptors (Lipinski definition) is 3. The Balaban J connectivity index is 1.69. The zero-order valence-electron chi connectivity index (χ0n) is 12.2. The summed E-state index contributed by atoms with van der Waals surface area (Å²) in [6, 6.07) is 10.7. The van der Waals surface area contributed by atoms with Gasteiger partial charge in [0.15, 0.2) is 0 Å². The van der Waals surface area contributed by atoms with Crippen molar-refractivity contribution in [2.24, 2.45) is 0 Å². The summed E-state index contributed by atoms with van der Waals surface area (Å²) in [5.41, 5.74) is 3.90. The van der Waals surface area contributed by atoms with Crippen molar-refractivity contribution < 1.29 is 4.39 Å². The van der Waals surface area contributed by atoms with Crippen molar-refractivity contribution in [1.82, 2.24) is 14.7 Å². The molecule has 1 aliphatic heterocycles. The maximum Gasteiger partial charge on any atom is 0.139 e. The van der Waals surface area contributed by atoms with Gasteiger partial charge in [0, 0.05) is 55.9 Å². The number of fused-ring (bicyclic) bond motifs is 1. The molecule has 1 saturated heterocycles. The first-order chi connectivity index (χ1) is 10.8. The van der Waals surface area contributed by atoms with Crippen LogP contribution in [0.25, 0.3) is 16.9 Å². The predicted octanol–water partition coefficient (Wildman–Crippen LogP) is 2.55. The molecule has 112 valence electrons. The number of pyridine rings is 1. The monoisotopic (exact) mass is 296 g/mol. The summed E-state index contributed by atoms with van der Waals surface area (Å²) in [5, 5.41) is 3.36. The number of aromatic nitrogens is 2. The lowest BCUT2D eigenvalue weighted by Crippen LogP contribution is -2.43. The van der Waals surface area contributed by atoms with Gasteiger partial charge in [0.1, 0.15) is 11.5 Å². The second kappa shape index (κ2) is 5.42. The van der Waals surface area contributed by atoms with E-state index in [1.165, 1.54) is 17.8 Å². The third kappa shape index (κ3) is 2.44. The molecule has 3 heterocycles. The third-order valence-corrected chi connectivity index (χ3v) is 4.07. The highest BCUT2D eigenvalue weighted by molar-refractivity contribution is 5.65. The fraction of sp³-hybridized carbons (Fsp3) is 0.235. The Hall–Kier alpha value is -2.40. The lowest BCUT2D eigenvalue weighted by atomic mass is 10.2. The van der Waals surface area contributed by atoms with Crippen LogP contribution in [0.15, 0.2) is 48.8 Å². The molecule has 1 aliphatic rings. The number of imidazole rings is 1. The van der Waals surface area contributed by atoms with E-state index in [4.69, 9.17) is 0 Å². The minimum Gasteiger partial charge on any atom is -0.369 e. The molecule has 22 heavy (non-hydrogen) atoms. The number of benzene rings is 1. The Kier molecular flexibility index (Phi) is 3.27. The van der Waals surface area contributed by atoms with Gasteiger partial charge >= 0.3 is 0 Å². The summed E-state index contributed by atoms with van der Waals surface area (Å²) >= 11 is 0. The van der Waals surface area contributed by atoms with E-state index in [-0.39, 0.29) is 5.82 Å². The highest BCUT2D eigenvalue weighted by atomic mass is 19.1. The molecule has 0 aliphatic carbocycles. The van der Waals surface area contributed by atoms with Gasteiger partial charge in [-0.3, -0.25) is 0 Å². The third-order valence-electron chi connectivity index (χ3n) is 4.07. The first-order valence-electron chi connectivity index (χ1n) is 7.50. The molecule has 4 rings (SSSR count). The van der Waals surface area contributed by atoms with Gasteiger partial charge in [-0.05, 0) is 30.3 Å². The molecule has 0 spiro atoms. The van der Waals surface area contributed by atoms with Crippen LogP contribution in [-0.4, -0.2) is 35.6 Å². The van der Waals surface area contributed by atoms with Crippen LogP contribution >= 0.6 is 0 Å². The number of hydrogen-bond donors (Lipinski definition) is 1. The summed E-state index contributed by atoms with van der Waals surface area (Å²) in [6.45, 7) is 4.06. The standard InChI is InChI=1S/C17H17FN4/c18-14-3-1-13(2-4-14)16-12-22-8-5-15(11-17(22)20-16)21-9-6-19-7-10-21/h1-5,8,11-12,19H,6-7,9-10H2. The minimum absolute atomic E-state index is 0.228. The summed E-state index contributed by atoms with van der Waals surface area (Å²) in [7, 11) is 0. The fourth-order valence-corrected chi connectivity index (χ4v) is 2.85. The Morgan fingerprint density at radius 1 is 1.05 bits per heavy atom. The van der Waals surface area contributed by atoms with Crippen molar-refractivity contribution >= 4 is 11.3 Å². The molecule has 2 aromatic heterocycles. The van der Waals surface area contributed by atoms with Crippen LogP contribution in [0.1, 0.15) is 0 Å². The lowest BCUT2D eigenvalue weighted by Gasteiger charge is -2.29. The average molecular weight is 296 g/mol. The molecule has 1 fully saturated rings. The molecule has 1 aromatic carbocycles. The molecule has 0 bridgehead atoms. The van der Waals surface area contributed by atoms with E-state index in [1.54, 1.807) is 12.1 Å². The summed E-state index contributed by atoms with van der Waals surface area (Å²) in [6.07, 6.45) is 4.01. The molecule has 0 saturated carbocycles. The molecule has 0 atom stereocenters. The normalized spacial score (nSPS) is 15.4. The topological polar surface area (TPSA) is 32.6 Å². The van der Waals surface area contributed by atoms with Gasteiger partial charge in [-0.1, -0.05) is 0 Å². The van der Waals surface area contributed by atoms with Gasteiger partial charge < -0.3 is 14.6 Å². The Morgan fingerprint density at radius 2 is 1.82 bits per heavy atom. The van der Waals surface area contributed by atoms with E-state index in [0.29, 0.717) is 0 Å². The van der Waals surface area contributed by atoms with Crippen LogP contribution in [0.3, 0.4) is 0 Å². The number of rotatable bonds is 2. The van der Waals surface area contributed by atoms with Crippen molar-refractivity contribution in [2.75, 3.05) is 31.1 Å². The SMILES string of the molecule is Fc1ccc(-c2cn3ccc(N4CCNCC4)cc3n2)cc1. The summed E-state index contributed by atoms with van der Waals surface area (Å²) < 4.78 is 15.0. The van der Waals surface area contributed by atoms with E-state index in [9.17, 15) is 4.39 Å². The van der Waals surface area contributed by atoms with E-state index in [2.05, 4.69) is 27.3 Å². The van der Waals surface area contributed by atoms with Crippen molar-refractivity contribution in [2.45, 2.75) is 0 Å². The quantitative estimate of drug-likeness (QED) is 0.789. The molecule has 1 N–H and O–H groups in total. The summed E-state index contributed by atoms with van der Waals surface area (Å²) in [4.78, 5) is 7.03. The minimum atomic E-state index is -0.228. The van der Waals surface area contributed by atoms with Crippen LogP contribution in [0.4, 0.5) is 10.1 Å². The molecule has 0 radical (unpaired) electrons. The van der Waals surface area contributed by atoms with Gasteiger partial charge in [-0.2, -0.15) is 0 Å². The Labute approximate surface area is 128 Å². The molecule has 3 aromatic rings. The van der Waals surface area contributed by atoms with Crippen molar-refractivity contribution in [3.8, 4) is 11.3 Å². The maximum absolute atomic E-state index is 13.0. The van der Waals surface area contributed by atoms with Crippen molar-refractivity contribution in [3.05, 3.63) is 54.6 Å². The number of anilines is 1. The Bertz CT molecular complexity index is 788. The zero-order chi connectivity index (χ0) is 14.9. The zero-order valence-corrected chi connectivity index (χ0v) is 12.2. The molecule has 4 nitrogen and oxygen atoms in total. The van der Waals surface area contributed by atoms with Crippen LogP contribution in [0.5, 0.6) is 0 Å². The second-order valence-electron chi connectivity index (χ2n) is 5.52. The van der Waals surface area contributed by atoms with Crippen LogP contribution < -0.4 is 10.2 Å². The average Bonchev–Trinajstić information content (AvgIpc) is 2.99. The van der Waals surface area contributed by atoms with Gasteiger partial charge in [-0.15, -0.1) is 0 Å². The second-order valence-corrected chi connectivity index (χ2v) is 5.52. The fourth-order valence-electron chi connectivity index (χ4n) is 2.85. The van der Waals surface area contributed by atoms with Crippen LogP contribution in [-0.2, 0) is 0 Å². The smallest absolute Gasteiger partial charge is 0.139 e. The molecular formula is C17H17FN4. The first kappa shape index (κ1) is 13.3. The molecular weight excluding hydrogens is 279 g/mol. The van der Waals surface area contributed by atoms with E-state index < -0.39 is 0 Å². The Morgan fingerprint density at radius 3 is 2.59 bits per heavy atom. The number of halogens is 1. The lowest BCUT2D eigenvalue weighted by molar-refractivity contribution is 0.589. The van der Waals surface area contributed by atoms with Gasteiger partial charge in [0.25, 0.3) is 0 Å². The van der Waals surface area contributed by atoms with Crippen LogP contribution in [0, 0.1) is 5.82 Å².